The third-order valence-electron chi connectivity index (χ3n) is 4.66. The minimum atomic E-state index is -0.689. The molecule has 1 spiro atoms. The van der Waals surface area contributed by atoms with Crippen molar-refractivity contribution in [2.75, 3.05) is 13.2 Å². The first kappa shape index (κ1) is 13.6. The van der Waals surface area contributed by atoms with Gasteiger partial charge in [0, 0.05) is 0 Å². The fraction of sp³-hybridized carbons (Fsp3) is 0.500. The molecule has 0 saturated carbocycles. The number of rotatable bonds is 4. The molecule has 2 saturated heterocycles. The maximum atomic E-state index is 12.8. The molecule has 2 bridgehead atoms. The van der Waals surface area contributed by atoms with E-state index in [0.717, 1.165) is 5.76 Å². The fourth-order valence-electron chi connectivity index (χ4n) is 3.81. The zero-order valence-corrected chi connectivity index (χ0v) is 12.2. The number of furan rings is 1. The number of carbonyl (C=O) groups excluding carboxylic acids is 2. The van der Waals surface area contributed by atoms with E-state index >= 15 is 0 Å². The predicted octanol–water partition coefficient (Wildman–Crippen LogP) is 1.12. The van der Waals surface area contributed by atoms with E-state index in [9.17, 15) is 9.59 Å². The molecular formula is C16H17NO5. The molecule has 4 rings (SSSR count). The Morgan fingerprint density at radius 2 is 2.41 bits per heavy atom. The fourth-order valence-corrected chi connectivity index (χ4v) is 3.81. The van der Waals surface area contributed by atoms with Crippen molar-refractivity contribution in [3.8, 4) is 0 Å². The smallest absolute Gasteiger partial charge is 0.312 e. The van der Waals surface area contributed by atoms with Gasteiger partial charge < -0.3 is 18.8 Å². The summed E-state index contributed by atoms with van der Waals surface area (Å²) in [5, 5.41) is 0. The minimum absolute atomic E-state index is 0.0682. The van der Waals surface area contributed by atoms with Gasteiger partial charge in [-0.25, -0.2) is 0 Å². The third kappa shape index (κ3) is 1.76. The van der Waals surface area contributed by atoms with Crippen LogP contribution in [0.25, 0.3) is 0 Å². The average Bonchev–Trinajstić information content (AvgIpc) is 3.23. The first-order valence-corrected chi connectivity index (χ1v) is 7.49. The van der Waals surface area contributed by atoms with Crippen LogP contribution in [0.1, 0.15) is 12.7 Å². The molecule has 3 aliphatic rings. The summed E-state index contributed by atoms with van der Waals surface area (Å²) >= 11 is 0. The maximum absolute atomic E-state index is 12.8. The van der Waals surface area contributed by atoms with Crippen molar-refractivity contribution in [2.45, 2.75) is 25.2 Å². The van der Waals surface area contributed by atoms with Crippen LogP contribution in [0.5, 0.6) is 0 Å². The topological polar surface area (TPSA) is 69.0 Å². The van der Waals surface area contributed by atoms with Crippen LogP contribution in [-0.2, 0) is 25.6 Å². The molecule has 0 aromatic carbocycles. The lowest BCUT2D eigenvalue weighted by Gasteiger charge is -2.22. The molecule has 4 atom stereocenters. The first-order chi connectivity index (χ1) is 10.6. The van der Waals surface area contributed by atoms with E-state index in [1.165, 1.54) is 0 Å². The zero-order valence-electron chi connectivity index (χ0n) is 12.2. The van der Waals surface area contributed by atoms with Crippen LogP contribution < -0.4 is 0 Å². The van der Waals surface area contributed by atoms with Gasteiger partial charge in [-0.2, -0.15) is 0 Å². The van der Waals surface area contributed by atoms with Gasteiger partial charge in [0.05, 0.1) is 38.0 Å². The highest BCUT2D eigenvalue weighted by Gasteiger charge is 2.67. The molecule has 3 aliphatic heterocycles. The number of hydrogen-bond donors (Lipinski definition) is 0. The van der Waals surface area contributed by atoms with Crippen molar-refractivity contribution in [1.82, 2.24) is 4.90 Å². The van der Waals surface area contributed by atoms with Gasteiger partial charge >= 0.3 is 5.97 Å². The van der Waals surface area contributed by atoms with Gasteiger partial charge in [-0.3, -0.25) is 9.59 Å². The Hall–Kier alpha value is -2.08. The van der Waals surface area contributed by atoms with Crippen molar-refractivity contribution in [3.05, 3.63) is 36.3 Å². The number of likely N-dealkylation sites (tertiary alicyclic amines) is 1. The second-order valence-corrected chi connectivity index (χ2v) is 5.93. The van der Waals surface area contributed by atoms with Gasteiger partial charge in [0.1, 0.15) is 17.3 Å². The summed E-state index contributed by atoms with van der Waals surface area (Å²) in [6.45, 7) is 2.90. The highest BCUT2D eigenvalue weighted by atomic mass is 16.6. The normalized spacial score (nSPS) is 35.2. The lowest BCUT2D eigenvalue weighted by molar-refractivity contribution is -0.153. The summed E-state index contributed by atoms with van der Waals surface area (Å²) in [6.07, 6.45) is 5.04. The van der Waals surface area contributed by atoms with E-state index in [1.54, 1.807) is 24.2 Å². The van der Waals surface area contributed by atoms with Crippen LogP contribution in [-0.4, -0.2) is 41.6 Å². The van der Waals surface area contributed by atoms with Crippen LogP contribution in [0.3, 0.4) is 0 Å². The molecule has 1 amide bonds. The van der Waals surface area contributed by atoms with Crippen LogP contribution in [0.4, 0.5) is 0 Å². The number of nitrogens with zero attached hydrogens (tertiary/aromatic N) is 1. The summed E-state index contributed by atoms with van der Waals surface area (Å²) in [5.74, 6) is -0.732. The number of esters is 1. The lowest BCUT2D eigenvalue weighted by atomic mass is 9.77. The number of carbonyl (C=O) groups is 2. The molecule has 6 nitrogen and oxygen atoms in total. The van der Waals surface area contributed by atoms with Crippen molar-refractivity contribution in [2.24, 2.45) is 11.8 Å². The van der Waals surface area contributed by atoms with Gasteiger partial charge in [0.25, 0.3) is 0 Å². The van der Waals surface area contributed by atoms with Crippen molar-refractivity contribution in [1.29, 1.82) is 0 Å². The number of fused-ring (bicyclic) bond motifs is 1. The molecule has 2 fully saturated rings. The van der Waals surface area contributed by atoms with Gasteiger partial charge in [0.15, 0.2) is 0 Å². The summed E-state index contributed by atoms with van der Waals surface area (Å²) in [5.41, 5.74) is -0.689. The molecular weight excluding hydrogens is 286 g/mol. The third-order valence-corrected chi connectivity index (χ3v) is 4.66. The Labute approximate surface area is 127 Å². The largest absolute Gasteiger partial charge is 0.467 e. The van der Waals surface area contributed by atoms with Crippen molar-refractivity contribution < 1.29 is 23.5 Å². The van der Waals surface area contributed by atoms with Crippen molar-refractivity contribution in [3.63, 3.8) is 0 Å². The summed E-state index contributed by atoms with van der Waals surface area (Å²) in [4.78, 5) is 26.7. The summed E-state index contributed by atoms with van der Waals surface area (Å²) in [7, 11) is 0. The van der Waals surface area contributed by atoms with E-state index in [4.69, 9.17) is 13.9 Å². The van der Waals surface area contributed by atoms with Crippen LogP contribution in [0.15, 0.2) is 35.0 Å². The molecule has 4 heterocycles. The first-order valence-electron chi connectivity index (χ1n) is 7.49. The second-order valence-electron chi connectivity index (χ2n) is 5.93. The molecule has 116 valence electrons. The van der Waals surface area contributed by atoms with Crippen LogP contribution in [0.2, 0.25) is 0 Å². The Balaban J connectivity index is 1.61. The monoisotopic (exact) mass is 303 g/mol. The van der Waals surface area contributed by atoms with E-state index < -0.39 is 17.4 Å². The molecule has 0 N–H and O–H groups in total. The molecule has 1 aromatic heterocycles. The highest BCUT2D eigenvalue weighted by molar-refractivity contribution is 5.91. The van der Waals surface area contributed by atoms with E-state index in [0.29, 0.717) is 19.7 Å². The SMILES string of the molecule is CCOC(=O)[C@H]1[C@H]2C=C[C@@]3(CN(Cc4ccco4)C(=O)[C@@H]13)O2. The zero-order chi connectivity index (χ0) is 15.3. The Morgan fingerprint density at radius 1 is 1.55 bits per heavy atom. The van der Waals surface area contributed by atoms with Gasteiger partial charge in [-0.1, -0.05) is 12.2 Å². The van der Waals surface area contributed by atoms with E-state index in [2.05, 4.69) is 0 Å². The molecule has 0 unspecified atom stereocenters. The Morgan fingerprint density at radius 3 is 3.14 bits per heavy atom. The molecule has 22 heavy (non-hydrogen) atoms. The standard InChI is InChI=1S/C16H17NO5/c1-2-20-15(19)12-11-5-6-16(22-11)9-17(14(18)13(12)16)8-10-4-3-7-21-10/h3-7,11-13H,2,8-9H2,1H3/t11-,12+,13-,16+/m1/s1. The lowest BCUT2D eigenvalue weighted by Crippen LogP contribution is -2.39. The Bertz CT molecular complexity index is 637. The van der Waals surface area contributed by atoms with Crippen LogP contribution in [0, 0.1) is 11.8 Å². The van der Waals surface area contributed by atoms with Crippen molar-refractivity contribution >= 4 is 11.9 Å². The van der Waals surface area contributed by atoms with E-state index in [1.807, 2.05) is 18.2 Å². The molecule has 6 heteroatoms. The Kier molecular flexibility index (Phi) is 2.91. The number of hydrogen-bond acceptors (Lipinski definition) is 5. The van der Waals surface area contributed by atoms with Gasteiger partial charge in [0.2, 0.25) is 5.91 Å². The average molecular weight is 303 g/mol. The quantitative estimate of drug-likeness (QED) is 0.616. The summed E-state index contributed by atoms with van der Waals surface area (Å²) in [6, 6.07) is 3.62. The maximum Gasteiger partial charge on any atom is 0.312 e. The van der Waals surface area contributed by atoms with Gasteiger partial charge in [-0.05, 0) is 19.1 Å². The molecule has 0 aliphatic carbocycles. The molecule has 1 aromatic rings. The van der Waals surface area contributed by atoms with Gasteiger partial charge in [-0.15, -0.1) is 0 Å². The second kappa shape index (κ2) is 4.71. The molecule has 0 radical (unpaired) electrons. The number of ether oxygens (including phenoxy) is 2. The summed E-state index contributed by atoms with van der Waals surface area (Å²) < 4.78 is 16.4. The number of amides is 1. The predicted molar refractivity (Wildman–Crippen MR) is 74.5 cm³/mol. The minimum Gasteiger partial charge on any atom is -0.467 e. The highest BCUT2D eigenvalue weighted by Crippen LogP contribution is 2.52. The van der Waals surface area contributed by atoms with Crippen LogP contribution >= 0.6 is 0 Å². The van der Waals surface area contributed by atoms with E-state index in [-0.39, 0.29) is 18.0 Å².